The van der Waals surface area contributed by atoms with Gasteiger partial charge in [0, 0.05) is 18.3 Å². The minimum atomic E-state index is -0.0808. The molecule has 7 nitrogen and oxygen atoms in total. The fourth-order valence-electron chi connectivity index (χ4n) is 2.90. The zero-order valence-corrected chi connectivity index (χ0v) is 15.3. The molecule has 0 aliphatic rings. The number of nitrogens with one attached hydrogen (secondary N) is 1. The van der Waals surface area contributed by atoms with Crippen molar-refractivity contribution in [2.45, 2.75) is 13.0 Å². The van der Waals surface area contributed by atoms with Gasteiger partial charge in [-0.15, -0.1) is 0 Å². The van der Waals surface area contributed by atoms with Crippen LogP contribution in [0.4, 0.5) is 0 Å². The van der Waals surface area contributed by atoms with Crippen LogP contribution in [0.15, 0.2) is 79.6 Å². The second-order valence-electron chi connectivity index (χ2n) is 6.42. The van der Waals surface area contributed by atoms with Gasteiger partial charge in [-0.05, 0) is 41.8 Å². The fraction of sp³-hybridized carbons (Fsp3) is 0.143. The first kappa shape index (κ1) is 17.7. The Hall–Kier alpha value is -3.74. The molecule has 0 fully saturated rings. The van der Waals surface area contributed by atoms with Crippen molar-refractivity contribution in [1.29, 1.82) is 0 Å². The number of hydrogen-bond acceptors (Lipinski definition) is 4. The highest BCUT2D eigenvalue weighted by atomic mass is 16.1. The molecule has 4 aromatic rings. The summed E-state index contributed by atoms with van der Waals surface area (Å²) in [4.78, 5) is 16.3. The van der Waals surface area contributed by atoms with Gasteiger partial charge < -0.3 is 5.32 Å². The van der Waals surface area contributed by atoms with Crippen LogP contribution < -0.4 is 5.32 Å². The minimum Gasteiger partial charge on any atom is -0.352 e. The van der Waals surface area contributed by atoms with E-state index in [1.807, 2.05) is 71.7 Å². The number of carbonyl (C=O) groups excluding carboxylic acids is 1. The average molecular weight is 372 g/mol. The van der Waals surface area contributed by atoms with Gasteiger partial charge in [0.15, 0.2) is 0 Å². The second-order valence-corrected chi connectivity index (χ2v) is 6.42. The highest BCUT2D eigenvalue weighted by molar-refractivity contribution is 5.94. The maximum atomic E-state index is 12.3. The fourth-order valence-corrected chi connectivity index (χ4v) is 2.90. The molecule has 7 heteroatoms. The lowest BCUT2D eigenvalue weighted by molar-refractivity contribution is 0.0954. The Morgan fingerprint density at radius 2 is 1.79 bits per heavy atom. The Bertz CT molecular complexity index is 1020. The molecule has 4 rings (SSSR count). The van der Waals surface area contributed by atoms with Gasteiger partial charge in [-0.25, -0.2) is 14.3 Å². The second kappa shape index (κ2) is 8.30. The predicted molar refractivity (Wildman–Crippen MR) is 105 cm³/mol. The molecule has 28 heavy (non-hydrogen) atoms. The first-order valence-electron chi connectivity index (χ1n) is 9.06. The van der Waals surface area contributed by atoms with E-state index in [1.165, 1.54) is 6.33 Å². The summed E-state index contributed by atoms with van der Waals surface area (Å²) in [6.07, 6.45) is 7.72. The lowest BCUT2D eigenvalue weighted by Crippen LogP contribution is -2.25. The van der Waals surface area contributed by atoms with Crippen LogP contribution in [0.25, 0.3) is 5.69 Å². The summed E-state index contributed by atoms with van der Waals surface area (Å²) in [6, 6.07) is 17.5. The smallest absolute Gasteiger partial charge is 0.251 e. The quantitative estimate of drug-likeness (QED) is 0.541. The van der Waals surface area contributed by atoms with Gasteiger partial charge in [-0.3, -0.25) is 4.79 Å². The number of amides is 1. The van der Waals surface area contributed by atoms with E-state index in [-0.39, 0.29) is 5.91 Å². The molecule has 2 aromatic carbocycles. The number of rotatable bonds is 7. The predicted octanol–water partition coefficient (Wildman–Crippen LogP) is 2.48. The number of para-hydroxylation sites is 1. The van der Waals surface area contributed by atoms with Crippen LogP contribution in [0.1, 0.15) is 21.5 Å². The molecule has 0 unspecified atom stereocenters. The largest absolute Gasteiger partial charge is 0.352 e. The molecule has 0 aliphatic carbocycles. The van der Waals surface area contributed by atoms with Crippen molar-refractivity contribution >= 4 is 5.91 Å². The van der Waals surface area contributed by atoms with Gasteiger partial charge in [0.1, 0.15) is 12.7 Å². The SMILES string of the molecule is O=C(NCCc1cnn(-c2ccccc2)c1)c1ccc(Cn2cncn2)cc1. The third kappa shape index (κ3) is 4.32. The van der Waals surface area contributed by atoms with Gasteiger partial charge in [0.05, 0.1) is 18.4 Å². The summed E-state index contributed by atoms with van der Waals surface area (Å²) >= 11 is 0. The van der Waals surface area contributed by atoms with Crippen LogP contribution >= 0.6 is 0 Å². The van der Waals surface area contributed by atoms with E-state index in [0.717, 1.165) is 23.2 Å². The standard InChI is InChI=1S/C21H20N6O/c28-21(19-8-6-17(7-9-19)13-26-16-22-15-25-26)23-11-10-18-12-24-27(14-18)20-4-2-1-3-5-20/h1-9,12,14-16H,10-11,13H2,(H,23,28). The third-order valence-corrected chi connectivity index (χ3v) is 4.38. The number of aromatic nitrogens is 5. The van der Waals surface area contributed by atoms with E-state index >= 15 is 0 Å². The molecular weight excluding hydrogens is 352 g/mol. The molecule has 2 heterocycles. The highest BCUT2D eigenvalue weighted by Crippen LogP contribution is 2.09. The van der Waals surface area contributed by atoms with Gasteiger partial charge in [-0.1, -0.05) is 30.3 Å². The molecule has 0 bridgehead atoms. The van der Waals surface area contributed by atoms with E-state index in [9.17, 15) is 4.79 Å². The Kier molecular flexibility index (Phi) is 5.24. The number of nitrogens with zero attached hydrogens (tertiary/aromatic N) is 5. The monoisotopic (exact) mass is 372 g/mol. The summed E-state index contributed by atoms with van der Waals surface area (Å²) < 4.78 is 3.58. The highest BCUT2D eigenvalue weighted by Gasteiger charge is 2.06. The van der Waals surface area contributed by atoms with Crippen molar-refractivity contribution in [2.24, 2.45) is 0 Å². The maximum Gasteiger partial charge on any atom is 0.251 e. The lowest BCUT2D eigenvalue weighted by atomic mass is 10.1. The molecule has 0 spiro atoms. The summed E-state index contributed by atoms with van der Waals surface area (Å²) in [7, 11) is 0. The van der Waals surface area contributed by atoms with Crippen molar-refractivity contribution in [3.05, 3.63) is 96.3 Å². The third-order valence-electron chi connectivity index (χ3n) is 4.38. The Morgan fingerprint density at radius 1 is 0.964 bits per heavy atom. The molecular formula is C21H20N6O. The molecule has 0 aliphatic heterocycles. The molecule has 1 amide bonds. The topological polar surface area (TPSA) is 77.6 Å². The van der Waals surface area contributed by atoms with Crippen molar-refractivity contribution in [3.63, 3.8) is 0 Å². The summed E-state index contributed by atoms with van der Waals surface area (Å²) in [5, 5.41) is 11.4. The van der Waals surface area contributed by atoms with Crippen LogP contribution in [0.5, 0.6) is 0 Å². The van der Waals surface area contributed by atoms with Crippen LogP contribution in [0.2, 0.25) is 0 Å². The zero-order valence-electron chi connectivity index (χ0n) is 15.3. The Labute approximate surface area is 162 Å². The van der Waals surface area contributed by atoms with Crippen LogP contribution in [0.3, 0.4) is 0 Å². The number of carbonyl (C=O) groups is 1. The van der Waals surface area contributed by atoms with Crippen molar-refractivity contribution in [3.8, 4) is 5.69 Å². The molecule has 0 radical (unpaired) electrons. The molecule has 0 saturated carbocycles. The molecule has 140 valence electrons. The summed E-state index contributed by atoms with van der Waals surface area (Å²) in [5.74, 6) is -0.0808. The average Bonchev–Trinajstić information content (AvgIpc) is 3.41. The van der Waals surface area contributed by atoms with Crippen molar-refractivity contribution < 1.29 is 4.79 Å². The molecule has 0 saturated heterocycles. The molecule has 1 N–H and O–H groups in total. The van der Waals surface area contributed by atoms with E-state index in [1.54, 1.807) is 11.0 Å². The lowest BCUT2D eigenvalue weighted by Gasteiger charge is -2.06. The summed E-state index contributed by atoms with van der Waals surface area (Å²) in [6.45, 7) is 1.19. The molecule has 0 atom stereocenters. The first-order chi connectivity index (χ1) is 13.8. The van der Waals surface area contributed by atoms with Crippen LogP contribution in [-0.4, -0.2) is 37.0 Å². The van der Waals surface area contributed by atoms with Gasteiger partial charge in [-0.2, -0.15) is 10.2 Å². The molecule has 2 aromatic heterocycles. The Morgan fingerprint density at radius 3 is 2.54 bits per heavy atom. The van der Waals surface area contributed by atoms with Crippen LogP contribution in [-0.2, 0) is 13.0 Å². The number of benzene rings is 2. The van der Waals surface area contributed by atoms with Gasteiger partial charge in [0.25, 0.3) is 5.91 Å². The first-order valence-corrected chi connectivity index (χ1v) is 9.06. The van der Waals surface area contributed by atoms with Crippen molar-refractivity contribution in [1.82, 2.24) is 29.9 Å². The van der Waals surface area contributed by atoms with E-state index in [0.29, 0.717) is 18.7 Å². The van der Waals surface area contributed by atoms with E-state index < -0.39 is 0 Å². The Balaban J connectivity index is 1.28. The zero-order chi connectivity index (χ0) is 19.2. The van der Waals surface area contributed by atoms with Crippen molar-refractivity contribution in [2.75, 3.05) is 6.54 Å². The van der Waals surface area contributed by atoms with Gasteiger partial charge in [0.2, 0.25) is 0 Å². The summed E-state index contributed by atoms with van der Waals surface area (Å²) in [5.41, 5.74) is 3.80. The van der Waals surface area contributed by atoms with E-state index in [2.05, 4.69) is 20.5 Å². The minimum absolute atomic E-state index is 0.0808. The number of hydrogen-bond donors (Lipinski definition) is 1. The van der Waals surface area contributed by atoms with Gasteiger partial charge >= 0.3 is 0 Å². The normalized spacial score (nSPS) is 10.7. The van der Waals surface area contributed by atoms with Crippen LogP contribution in [0, 0.1) is 0 Å². The van der Waals surface area contributed by atoms with E-state index in [4.69, 9.17) is 0 Å². The maximum absolute atomic E-state index is 12.3.